The minimum Gasteiger partial charge on any atom is -0.325 e. The Hall–Kier alpha value is -0.920. The van der Waals surface area contributed by atoms with E-state index in [0.717, 1.165) is 34.1 Å². The number of aryl methyl sites for hydroxylation is 2. The highest BCUT2D eigenvalue weighted by molar-refractivity contribution is 9.10. The van der Waals surface area contributed by atoms with E-state index in [-0.39, 0.29) is 24.1 Å². The Labute approximate surface area is 146 Å². The molecule has 5 nitrogen and oxygen atoms in total. The van der Waals surface area contributed by atoms with Crippen LogP contribution in [0.5, 0.6) is 0 Å². The van der Waals surface area contributed by atoms with Gasteiger partial charge in [0, 0.05) is 23.2 Å². The number of rotatable bonds is 4. The van der Waals surface area contributed by atoms with Crippen LogP contribution in [0.3, 0.4) is 0 Å². The lowest BCUT2D eigenvalue weighted by Gasteiger charge is -2.31. The van der Waals surface area contributed by atoms with Crippen LogP contribution in [-0.2, 0) is 14.8 Å². The molecule has 128 valence electrons. The van der Waals surface area contributed by atoms with Crippen LogP contribution in [0.15, 0.2) is 16.6 Å². The molecule has 2 rings (SSSR count). The molecule has 0 saturated carbocycles. The highest BCUT2D eigenvalue weighted by Gasteiger charge is 2.31. The Balaban J connectivity index is 2.12. The van der Waals surface area contributed by atoms with Crippen LogP contribution in [0.1, 0.15) is 30.9 Å². The first-order chi connectivity index (χ1) is 10.7. The lowest BCUT2D eigenvalue weighted by Crippen LogP contribution is -2.44. The first-order valence-corrected chi connectivity index (χ1v) is 10.2. The maximum atomic E-state index is 12.6. The van der Waals surface area contributed by atoms with Gasteiger partial charge in [0.1, 0.15) is 0 Å². The van der Waals surface area contributed by atoms with Gasteiger partial charge in [-0.25, -0.2) is 12.7 Å². The third-order valence-corrected chi connectivity index (χ3v) is 6.56. The number of hydrogen-bond acceptors (Lipinski definition) is 3. The average molecular weight is 403 g/mol. The maximum Gasteiger partial charge on any atom is 0.228 e. The molecule has 1 N–H and O–H groups in total. The number of carbonyl (C=O) groups excluding carboxylic acids is 1. The van der Waals surface area contributed by atoms with Crippen LogP contribution >= 0.6 is 15.9 Å². The summed E-state index contributed by atoms with van der Waals surface area (Å²) in [6.07, 6.45) is 1.44. The molecule has 0 spiro atoms. The molecular formula is C16H23BrN2O3S. The SMILES string of the molecule is CCS(=O)(=O)N1CCC[C@@H](C(=O)Nc2c(C)cc(Br)cc2C)C1. The van der Waals surface area contributed by atoms with Gasteiger partial charge in [-0.05, 0) is 56.9 Å². The van der Waals surface area contributed by atoms with Gasteiger partial charge in [0.2, 0.25) is 15.9 Å². The van der Waals surface area contributed by atoms with Crippen molar-refractivity contribution in [1.29, 1.82) is 0 Å². The average Bonchev–Trinajstić information content (AvgIpc) is 2.50. The zero-order chi connectivity index (χ0) is 17.2. The van der Waals surface area contributed by atoms with E-state index in [4.69, 9.17) is 0 Å². The van der Waals surface area contributed by atoms with Crippen LogP contribution in [-0.4, -0.2) is 37.5 Å². The summed E-state index contributed by atoms with van der Waals surface area (Å²) in [4.78, 5) is 12.6. The molecule has 23 heavy (non-hydrogen) atoms. The maximum absolute atomic E-state index is 12.6. The van der Waals surface area contributed by atoms with Crippen molar-refractivity contribution in [3.05, 3.63) is 27.7 Å². The Morgan fingerprint density at radius 1 is 1.35 bits per heavy atom. The molecule has 1 aromatic carbocycles. The second-order valence-corrected chi connectivity index (χ2v) is 9.17. The van der Waals surface area contributed by atoms with Crippen molar-refractivity contribution in [2.75, 3.05) is 24.2 Å². The molecule has 1 aliphatic rings. The van der Waals surface area contributed by atoms with Crippen molar-refractivity contribution < 1.29 is 13.2 Å². The Morgan fingerprint density at radius 2 is 1.96 bits per heavy atom. The van der Waals surface area contributed by atoms with E-state index in [1.807, 2.05) is 26.0 Å². The van der Waals surface area contributed by atoms with Gasteiger partial charge in [-0.3, -0.25) is 4.79 Å². The summed E-state index contributed by atoms with van der Waals surface area (Å²) < 4.78 is 26.5. The number of nitrogens with one attached hydrogen (secondary N) is 1. The van der Waals surface area contributed by atoms with Crippen LogP contribution in [0.4, 0.5) is 5.69 Å². The zero-order valence-electron chi connectivity index (χ0n) is 13.7. The number of anilines is 1. The van der Waals surface area contributed by atoms with Crippen LogP contribution in [0.25, 0.3) is 0 Å². The number of piperidine rings is 1. The van der Waals surface area contributed by atoms with Gasteiger partial charge in [0.15, 0.2) is 0 Å². The highest BCUT2D eigenvalue weighted by Crippen LogP contribution is 2.27. The Kier molecular flexibility index (Phi) is 5.86. The largest absolute Gasteiger partial charge is 0.325 e. The monoisotopic (exact) mass is 402 g/mol. The molecule has 1 aliphatic heterocycles. The number of halogens is 1. The normalized spacial score (nSPS) is 19.6. The fourth-order valence-electron chi connectivity index (χ4n) is 2.92. The van der Waals surface area contributed by atoms with Crippen molar-refractivity contribution in [2.45, 2.75) is 33.6 Å². The van der Waals surface area contributed by atoms with E-state index in [2.05, 4.69) is 21.2 Å². The van der Waals surface area contributed by atoms with Gasteiger partial charge in [-0.1, -0.05) is 15.9 Å². The number of nitrogens with zero attached hydrogens (tertiary/aromatic N) is 1. The first-order valence-electron chi connectivity index (χ1n) is 7.80. The minimum atomic E-state index is -3.24. The predicted octanol–water partition coefficient (Wildman–Crippen LogP) is 3.07. The molecule has 7 heteroatoms. The highest BCUT2D eigenvalue weighted by atomic mass is 79.9. The summed E-state index contributed by atoms with van der Waals surface area (Å²) in [5.41, 5.74) is 2.78. The molecule has 0 aliphatic carbocycles. The van der Waals surface area contributed by atoms with Crippen molar-refractivity contribution in [3.8, 4) is 0 Å². The van der Waals surface area contributed by atoms with E-state index in [1.54, 1.807) is 6.92 Å². The number of benzene rings is 1. The Bertz CT molecular complexity index is 680. The van der Waals surface area contributed by atoms with E-state index in [0.29, 0.717) is 6.54 Å². The predicted molar refractivity (Wildman–Crippen MR) is 96.0 cm³/mol. The second kappa shape index (κ2) is 7.32. The van der Waals surface area contributed by atoms with Crippen molar-refractivity contribution in [3.63, 3.8) is 0 Å². The van der Waals surface area contributed by atoms with Crippen molar-refractivity contribution in [2.24, 2.45) is 5.92 Å². The first kappa shape index (κ1) is 18.4. The molecule has 1 heterocycles. The van der Waals surface area contributed by atoms with Crippen molar-refractivity contribution in [1.82, 2.24) is 4.31 Å². The van der Waals surface area contributed by atoms with Crippen LogP contribution in [0.2, 0.25) is 0 Å². The summed E-state index contributed by atoms with van der Waals surface area (Å²) in [6, 6.07) is 3.91. The quantitative estimate of drug-likeness (QED) is 0.841. The van der Waals surface area contributed by atoms with Crippen LogP contribution < -0.4 is 5.32 Å². The van der Waals surface area contributed by atoms with Gasteiger partial charge in [0.25, 0.3) is 0 Å². The van der Waals surface area contributed by atoms with E-state index in [1.165, 1.54) is 4.31 Å². The lowest BCUT2D eigenvalue weighted by atomic mass is 9.98. The molecule has 1 fully saturated rings. The zero-order valence-corrected chi connectivity index (χ0v) is 16.1. The van der Waals surface area contributed by atoms with Gasteiger partial charge in [0.05, 0.1) is 11.7 Å². The lowest BCUT2D eigenvalue weighted by molar-refractivity contribution is -0.120. The summed E-state index contributed by atoms with van der Waals surface area (Å²) >= 11 is 3.44. The number of amides is 1. The molecule has 0 aromatic heterocycles. The molecule has 1 saturated heterocycles. The van der Waals surface area contributed by atoms with E-state index in [9.17, 15) is 13.2 Å². The van der Waals surface area contributed by atoms with Gasteiger partial charge in [-0.15, -0.1) is 0 Å². The summed E-state index contributed by atoms with van der Waals surface area (Å²) in [7, 11) is -3.24. The van der Waals surface area contributed by atoms with Crippen molar-refractivity contribution >= 4 is 37.5 Å². The smallest absolute Gasteiger partial charge is 0.228 e. The van der Waals surface area contributed by atoms with Gasteiger partial charge in [-0.2, -0.15) is 0 Å². The standard InChI is InChI=1S/C16H23BrN2O3S/c1-4-23(21,22)19-7-5-6-13(10-19)16(20)18-15-11(2)8-14(17)9-12(15)3/h8-9,13H,4-7,10H2,1-3H3,(H,18,20)/t13-/m1/s1. The Morgan fingerprint density at radius 3 is 2.52 bits per heavy atom. The molecule has 1 atom stereocenters. The second-order valence-electron chi connectivity index (χ2n) is 6.00. The number of carbonyl (C=O) groups is 1. The molecule has 1 amide bonds. The molecular weight excluding hydrogens is 380 g/mol. The fraction of sp³-hybridized carbons (Fsp3) is 0.562. The third-order valence-electron chi connectivity index (χ3n) is 4.26. The molecule has 0 bridgehead atoms. The van der Waals surface area contributed by atoms with Gasteiger partial charge >= 0.3 is 0 Å². The van der Waals surface area contributed by atoms with E-state index >= 15 is 0 Å². The minimum absolute atomic E-state index is 0.0757. The summed E-state index contributed by atoms with van der Waals surface area (Å²) in [6.45, 7) is 6.31. The molecule has 1 aromatic rings. The fourth-order valence-corrected chi connectivity index (χ4v) is 4.79. The number of sulfonamides is 1. The topological polar surface area (TPSA) is 66.5 Å². The third kappa shape index (κ3) is 4.33. The van der Waals surface area contributed by atoms with Gasteiger partial charge < -0.3 is 5.32 Å². The summed E-state index contributed by atoms with van der Waals surface area (Å²) in [5.74, 6) is -0.325. The molecule has 0 unspecified atom stereocenters. The van der Waals surface area contributed by atoms with E-state index < -0.39 is 10.0 Å². The molecule has 0 radical (unpaired) electrons. The van der Waals surface area contributed by atoms with Crippen LogP contribution in [0, 0.1) is 19.8 Å². The summed E-state index contributed by atoms with van der Waals surface area (Å²) in [5, 5.41) is 2.98. The number of hydrogen-bond donors (Lipinski definition) is 1.